The number of hydrogen-bond donors (Lipinski definition) is 0. The van der Waals surface area contributed by atoms with E-state index in [1.54, 1.807) is 11.8 Å². The summed E-state index contributed by atoms with van der Waals surface area (Å²) >= 11 is 1.67. The molecule has 1 aliphatic heterocycles. The van der Waals surface area contributed by atoms with Gasteiger partial charge in [0.05, 0.1) is 18.8 Å². The summed E-state index contributed by atoms with van der Waals surface area (Å²) in [5.41, 5.74) is 1.55. The van der Waals surface area contributed by atoms with Gasteiger partial charge in [0, 0.05) is 28.0 Å². The molecule has 1 atom stereocenters. The monoisotopic (exact) mass is 476 g/mol. The molecule has 6 heteroatoms. The van der Waals surface area contributed by atoms with Gasteiger partial charge < -0.3 is 14.2 Å². The molecule has 1 aliphatic carbocycles. The Morgan fingerprint density at radius 3 is 2.44 bits per heavy atom. The maximum atomic E-state index is 13.9. The van der Waals surface area contributed by atoms with Gasteiger partial charge in [-0.25, -0.2) is 0 Å². The predicted octanol–water partition coefficient (Wildman–Crippen LogP) is 6.20. The minimum absolute atomic E-state index is 0.0500. The minimum Gasteiger partial charge on any atom is -0.425 e. The van der Waals surface area contributed by atoms with Crippen LogP contribution in [0.1, 0.15) is 48.5 Å². The number of hydrogen-bond acceptors (Lipinski definition) is 6. The van der Waals surface area contributed by atoms with Crippen molar-refractivity contribution in [2.75, 3.05) is 13.2 Å². The number of esters is 1. The maximum Gasteiger partial charge on any atom is 0.308 e. The molecule has 3 aromatic carbocycles. The first kappa shape index (κ1) is 23.1. The van der Waals surface area contributed by atoms with Crippen LogP contribution < -0.4 is 4.74 Å². The molecular formula is C28H28O5S. The third kappa shape index (κ3) is 4.76. The van der Waals surface area contributed by atoms with Crippen LogP contribution in [0.2, 0.25) is 0 Å². The molecule has 0 bridgehead atoms. The van der Waals surface area contributed by atoms with Crippen LogP contribution in [-0.2, 0) is 20.7 Å². The van der Waals surface area contributed by atoms with Crippen LogP contribution in [0.5, 0.6) is 5.75 Å². The highest BCUT2D eigenvalue weighted by atomic mass is 32.2. The number of ketones is 1. The molecule has 5 nitrogen and oxygen atoms in total. The highest BCUT2D eigenvalue weighted by Gasteiger charge is 2.35. The third-order valence-electron chi connectivity index (χ3n) is 6.44. The standard InChI is InChI=1S/C28H28O5S/c1-18(29)33-27-21-10-5-6-11-22(21)28(34-20-8-3-2-4-9-20)23-14-12-19(26(30)25(23)27)13-15-24-31-16-7-17-32-24/h2-6,8-11,19,24H,7,12-17H2,1H3. The van der Waals surface area contributed by atoms with E-state index in [1.807, 2.05) is 42.5 Å². The molecule has 1 saturated heterocycles. The van der Waals surface area contributed by atoms with Crippen LogP contribution >= 0.6 is 11.8 Å². The maximum absolute atomic E-state index is 13.9. The van der Waals surface area contributed by atoms with E-state index in [9.17, 15) is 9.59 Å². The van der Waals surface area contributed by atoms with Crippen molar-refractivity contribution in [1.29, 1.82) is 0 Å². The minimum atomic E-state index is -0.422. The van der Waals surface area contributed by atoms with Crippen LogP contribution in [-0.4, -0.2) is 31.3 Å². The van der Waals surface area contributed by atoms with E-state index in [0.29, 0.717) is 37.4 Å². The van der Waals surface area contributed by atoms with E-state index >= 15 is 0 Å². The Hall–Kier alpha value is -2.67. The van der Waals surface area contributed by atoms with Gasteiger partial charge in [-0.05, 0) is 55.2 Å². The zero-order chi connectivity index (χ0) is 23.5. The van der Waals surface area contributed by atoms with E-state index in [-0.39, 0.29) is 18.0 Å². The van der Waals surface area contributed by atoms with Crippen molar-refractivity contribution in [1.82, 2.24) is 0 Å². The Kier molecular flexibility index (Phi) is 6.99. The molecule has 0 amide bonds. The van der Waals surface area contributed by atoms with Gasteiger partial charge in [-0.1, -0.05) is 54.2 Å². The van der Waals surface area contributed by atoms with Crippen molar-refractivity contribution in [3.8, 4) is 5.75 Å². The molecule has 0 spiro atoms. The number of rotatable bonds is 6. The Balaban J connectivity index is 1.57. The van der Waals surface area contributed by atoms with Gasteiger partial charge in [0.1, 0.15) is 5.75 Å². The van der Waals surface area contributed by atoms with Crippen LogP contribution in [0, 0.1) is 5.92 Å². The molecule has 2 aliphatic rings. The smallest absolute Gasteiger partial charge is 0.308 e. The summed E-state index contributed by atoms with van der Waals surface area (Å²) in [6.07, 6.45) is 3.57. The second-order valence-corrected chi connectivity index (χ2v) is 9.85. The first-order valence-corrected chi connectivity index (χ1v) is 12.7. The zero-order valence-electron chi connectivity index (χ0n) is 19.3. The third-order valence-corrected chi connectivity index (χ3v) is 7.61. The van der Waals surface area contributed by atoms with Crippen molar-refractivity contribution in [2.45, 2.75) is 55.1 Å². The lowest BCUT2D eigenvalue weighted by molar-refractivity contribution is -0.182. The van der Waals surface area contributed by atoms with E-state index in [1.165, 1.54) is 6.92 Å². The molecule has 1 fully saturated rings. The topological polar surface area (TPSA) is 61.8 Å². The average molecular weight is 477 g/mol. The predicted molar refractivity (Wildman–Crippen MR) is 132 cm³/mol. The first-order chi connectivity index (χ1) is 16.6. The van der Waals surface area contributed by atoms with E-state index in [2.05, 4.69) is 12.1 Å². The van der Waals surface area contributed by atoms with Crippen molar-refractivity contribution in [2.24, 2.45) is 5.92 Å². The number of ether oxygens (including phenoxy) is 3. The molecule has 0 saturated carbocycles. The van der Waals surface area contributed by atoms with Gasteiger partial charge in [0.2, 0.25) is 0 Å². The van der Waals surface area contributed by atoms with Crippen molar-refractivity contribution < 1.29 is 23.8 Å². The van der Waals surface area contributed by atoms with Crippen LogP contribution in [0.4, 0.5) is 0 Å². The molecule has 0 radical (unpaired) electrons. The van der Waals surface area contributed by atoms with Gasteiger partial charge in [-0.3, -0.25) is 9.59 Å². The lowest BCUT2D eigenvalue weighted by Gasteiger charge is -2.30. The number of fused-ring (bicyclic) bond motifs is 2. The van der Waals surface area contributed by atoms with E-state index in [0.717, 1.165) is 45.4 Å². The molecule has 5 rings (SSSR count). The lowest BCUT2D eigenvalue weighted by atomic mass is 9.78. The molecule has 0 aromatic heterocycles. The number of carbonyl (C=O) groups excluding carboxylic acids is 2. The zero-order valence-corrected chi connectivity index (χ0v) is 20.1. The van der Waals surface area contributed by atoms with Crippen molar-refractivity contribution in [3.05, 3.63) is 65.7 Å². The Morgan fingerprint density at radius 1 is 1.00 bits per heavy atom. The fourth-order valence-electron chi connectivity index (χ4n) is 4.87. The van der Waals surface area contributed by atoms with Crippen LogP contribution in [0.25, 0.3) is 10.8 Å². The highest BCUT2D eigenvalue weighted by molar-refractivity contribution is 7.99. The van der Waals surface area contributed by atoms with Crippen LogP contribution in [0.3, 0.4) is 0 Å². The summed E-state index contributed by atoms with van der Waals surface area (Å²) in [6, 6.07) is 18.1. The van der Waals surface area contributed by atoms with Crippen LogP contribution in [0.15, 0.2) is 64.4 Å². The average Bonchev–Trinajstić information content (AvgIpc) is 2.86. The number of carbonyl (C=O) groups is 2. The van der Waals surface area contributed by atoms with Gasteiger partial charge in [0.25, 0.3) is 0 Å². The SMILES string of the molecule is CC(=O)Oc1c2c(c(Sc3ccccc3)c3ccccc13)CCC(CCC1OCCCO1)C2=O. The molecule has 0 N–H and O–H groups in total. The summed E-state index contributed by atoms with van der Waals surface area (Å²) in [7, 11) is 0. The Morgan fingerprint density at radius 2 is 1.71 bits per heavy atom. The summed E-state index contributed by atoms with van der Waals surface area (Å²) in [4.78, 5) is 28.1. The molecule has 1 heterocycles. The summed E-state index contributed by atoms with van der Waals surface area (Å²) in [6.45, 7) is 2.79. The molecular weight excluding hydrogens is 448 g/mol. The van der Waals surface area contributed by atoms with E-state index in [4.69, 9.17) is 14.2 Å². The van der Waals surface area contributed by atoms with Gasteiger partial charge in [-0.15, -0.1) is 0 Å². The second-order valence-electron chi connectivity index (χ2n) is 8.77. The molecule has 176 valence electrons. The Bertz CT molecular complexity index is 1200. The van der Waals surface area contributed by atoms with Crippen molar-refractivity contribution >= 4 is 34.3 Å². The first-order valence-electron chi connectivity index (χ1n) is 11.9. The fraction of sp³-hybridized carbons (Fsp3) is 0.357. The molecule has 1 unspecified atom stereocenters. The summed E-state index contributed by atoms with van der Waals surface area (Å²) in [5, 5.41) is 1.80. The number of benzene rings is 3. The number of Topliss-reactive ketones (excluding diaryl/α,β-unsaturated/α-hetero) is 1. The highest BCUT2D eigenvalue weighted by Crippen LogP contribution is 2.47. The van der Waals surface area contributed by atoms with Gasteiger partial charge >= 0.3 is 5.97 Å². The fourth-order valence-corrected chi connectivity index (χ4v) is 6.01. The quantitative estimate of drug-likeness (QED) is 0.312. The summed E-state index contributed by atoms with van der Waals surface area (Å²) in [5.74, 6) is -0.120. The lowest BCUT2D eigenvalue weighted by Crippen LogP contribution is -2.29. The Labute approximate surface area is 203 Å². The normalized spacial score (nSPS) is 18.6. The summed E-state index contributed by atoms with van der Waals surface area (Å²) < 4.78 is 17.1. The molecule has 3 aromatic rings. The molecule has 34 heavy (non-hydrogen) atoms. The van der Waals surface area contributed by atoms with Gasteiger partial charge in [-0.2, -0.15) is 0 Å². The second kappa shape index (κ2) is 10.3. The van der Waals surface area contributed by atoms with Crippen molar-refractivity contribution in [3.63, 3.8) is 0 Å². The van der Waals surface area contributed by atoms with Gasteiger partial charge in [0.15, 0.2) is 12.1 Å². The largest absolute Gasteiger partial charge is 0.425 e. The van der Waals surface area contributed by atoms with E-state index < -0.39 is 5.97 Å².